The van der Waals surface area contributed by atoms with E-state index >= 15 is 0 Å². The number of unbranched alkanes of at least 4 members (excludes halogenated alkanes) is 1. The Morgan fingerprint density at radius 3 is 2.03 bits per heavy atom. The summed E-state index contributed by atoms with van der Waals surface area (Å²) in [6.07, 6.45) is 4.63. The fraction of sp³-hybridized carbons (Fsp3) is 0.783. The zero-order valence-electron chi connectivity index (χ0n) is 21.0. The molecule has 0 heterocycles. The van der Waals surface area contributed by atoms with E-state index in [2.05, 4.69) is 53.5 Å². The van der Waals surface area contributed by atoms with Crippen LogP contribution in [-0.2, 0) is 18.4 Å². The Morgan fingerprint density at radius 1 is 0.966 bits per heavy atom. The number of ketones is 1. The van der Waals surface area contributed by atoms with Crippen molar-refractivity contribution in [2.45, 2.75) is 98.6 Å². The van der Waals surface area contributed by atoms with Crippen LogP contribution in [0.1, 0.15) is 60.8 Å². The summed E-state index contributed by atoms with van der Waals surface area (Å²) >= 11 is 0. The molecule has 0 rings (SSSR count). The van der Waals surface area contributed by atoms with Crippen LogP contribution < -0.4 is 0 Å². The highest BCUT2D eigenvalue weighted by molar-refractivity contribution is 6.74. The van der Waals surface area contributed by atoms with E-state index in [1.807, 2.05) is 26.8 Å². The van der Waals surface area contributed by atoms with E-state index in [1.165, 1.54) is 0 Å². The summed E-state index contributed by atoms with van der Waals surface area (Å²) in [5, 5.41) is 0.163. The van der Waals surface area contributed by atoms with Crippen molar-refractivity contribution in [3.05, 3.63) is 23.0 Å². The summed E-state index contributed by atoms with van der Waals surface area (Å²) < 4.78 is 17.9. The van der Waals surface area contributed by atoms with Gasteiger partial charge in [-0.25, -0.2) is 0 Å². The van der Waals surface area contributed by atoms with Gasteiger partial charge in [-0.3, -0.25) is 4.79 Å². The van der Waals surface area contributed by atoms with Crippen LogP contribution in [0.25, 0.3) is 0 Å². The molecule has 29 heavy (non-hydrogen) atoms. The van der Waals surface area contributed by atoms with Crippen LogP contribution >= 0.6 is 0 Å². The lowest BCUT2D eigenvalue weighted by atomic mass is 10.0. The number of rotatable bonds is 13. The van der Waals surface area contributed by atoms with Crippen molar-refractivity contribution in [1.29, 1.82) is 0 Å². The van der Waals surface area contributed by atoms with Crippen LogP contribution in [0.4, 0.5) is 0 Å². The van der Waals surface area contributed by atoms with E-state index in [0.29, 0.717) is 18.8 Å². The maximum atomic E-state index is 12.9. The smallest absolute Gasteiger partial charge is 0.192 e. The van der Waals surface area contributed by atoms with Gasteiger partial charge in [0.25, 0.3) is 0 Å². The van der Waals surface area contributed by atoms with Gasteiger partial charge in [-0.1, -0.05) is 26.8 Å². The first-order chi connectivity index (χ1) is 13.1. The van der Waals surface area contributed by atoms with Crippen LogP contribution in [0.2, 0.25) is 37.8 Å². The summed E-state index contributed by atoms with van der Waals surface area (Å²) in [7, 11) is -3.27. The van der Waals surface area contributed by atoms with Gasteiger partial charge in [0.2, 0.25) is 0 Å². The summed E-state index contributed by atoms with van der Waals surface area (Å²) in [4.78, 5) is 12.9. The van der Waals surface area contributed by atoms with E-state index in [9.17, 15) is 4.79 Å². The topological polar surface area (TPSA) is 44.8 Å². The van der Waals surface area contributed by atoms with Crippen LogP contribution in [0.5, 0.6) is 0 Å². The minimum atomic E-state index is -1.81. The second-order valence-electron chi connectivity index (χ2n) is 10.2. The van der Waals surface area contributed by atoms with Crippen molar-refractivity contribution in [2.24, 2.45) is 0 Å². The Kier molecular flexibility index (Phi) is 11.9. The minimum absolute atomic E-state index is 0.0469. The molecule has 0 unspecified atom stereocenters. The molecular formula is C23H46O4Si2. The lowest BCUT2D eigenvalue weighted by Crippen LogP contribution is -2.40. The van der Waals surface area contributed by atoms with Gasteiger partial charge in [0, 0.05) is 18.6 Å². The van der Waals surface area contributed by atoms with Crippen LogP contribution in [0.3, 0.4) is 0 Å². The maximum absolute atomic E-state index is 12.9. The largest absolute Gasteiger partial charge is 0.498 e. The number of allylic oxidation sites excluding steroid dienone is 3. The van der Waals surface area contributed by atoms with E-state index in [1.54, 1.807) is 0 Å². The molecule has 0 saturated heterocycles. The number of carbonyl (C=O) groups is 1. The number of hydrogen-bond acceptors (Lipinski definition) is 4. The second kappa shape index (κ2) is 12.2. The number of ether oxygens (including phenoxy) is 1. The quantitative estimate of drug-likeness (QED) is 0.135. The zero-order chi connectivity index (χ0) is 22.9. The molecule has 0 N–H and O–H groups in total. The van der Waals surface area contributed by atoms with Crippen molar-refractivity contribution in [2.75, 3.05) is 19.8 Å². The summed E-state index contributed by atoms with van der Waals surface area (Å²) in [6, 6.07) is 0. The third kappa shape index (κ3) is 11.3. The van der Waals surface area contributed by atoms with Gasteiger partial charge in [0.15, 0.2) is 22.4 Å². The summed E-state index contributed by atoms with van der Waals surface area (Å²) in [6.45, 7) is 25.2. The van der Waals surface area contributed by atoms with E-state index < -0.39 is 16.6 Å². The number of hydrogen-bond donors (Lipinski definition) is 0. The second-order valence-corrected chi connectivity index (χ2v) is 19.5. The molecule has 170 valence electrons. The predicted octanol–water partition coefficient (Wildman–Crippen LogP) is 6.86. The molecule has 0 aromatic rings. The molecule has 6 heteroatoms. The van der Waals surface area contributed by atoms with E-state index in [-0.39, 0.29) is 10.8 Å². The Balaban J connectivity index is 4.92. The molecule has 0 spiro atoms. The average Bonchev–Trinajstić information content (AvgIpc) is 2.57. The Labute approximate surface area is 182 Å². The fourth-order valence-electron chi connectivity index (χ4n) is 2.41. The normalized spacial score (nSPS) is 14.7. The molecule has 4 nitrogen and oxygen atoms in total. The van der Waals surface area contributed by atoms with Crippen molar-refractivity contribution in [3.8, 4) is 0 Å². The van der Waals surface area contributed by atoms with Gasteiger partial charge >= 0.3 is 0 Å². The van der Waals surface area contributed by atoms with Crippen LogP contribution in [-0.4, -0.2) is 42.2 Å². The Bertz CT molecular complexity index is 579. The average molecular weight is 443 g/mol. The molecule has 0 amide bonds. The van der Waals surface area contributed by atoms with Gasteiger partial charge in [-0.05, 0) is 77.0 Å². The summed E-state index contributed by atoms with van der Waals surface area (Å²) in [5.74, 6) is 0.856. The van der Waals surface area contributed by atoms with Gasteiger partial charge < -0.3 is 13.6 Å². The molecule has 0 saturated carbocycles. The molecule has 0 bridgehead atoms. The van der Waals surface area contributed by atoms with Crippen molar-refractivity contribution in [1.82, 2.24) is 0 Å². The highest BCUT2D eigenvalue weighted by Crippen LogP contribution is 2.36. The molecule has 0 aliphatic heterocycles. The molecule has 0 fully saturated rings. The van der Waals surface area contributed by atoms with Crippen molar-refractivity contribution in [3.63, 3.8) is 0 Å². The number of Topliss-reactive ketones (excluding diaryl/α,β-unsaturated/α-hetero) is 1. The van der Waals surface area contributed by atoms with Crippen LogP contribution in [0.15, 0.2) is 23.0 Å². The molecule has 0 aliphatic carbocycles. The van der Waals surface area contributed by atoms with Gasteiger partial charge in [0.05, 0.1) is 13.2 Å². The molecular weight excluding hydrogens is 396 g/mol. The first kappa shape index (κ1) is 28.3. The maximum Gasteiger partial charge on any atom is 0.192 e. The van der Waals surface area contributed by atoms with Gasteiger partial charge in [0.1, 0.15) is 5.76 Å². The molecule has 0 atom stereocenters. The first-order valence-electron chi connectivity index (χ1n) is 10.9. The first-order valence-corrected chi connectivity index (χ1v) is 17.3. The standard InChI is InChI=1S/C23H46O4Si2/c1-12-25-21(15-13-14-17-26-28(7,8)9)20(3)22(24)19(2)16-18-27-29(10,11)23(4,5)6/h16H,12-15,17-18H2,1-11H3/b19-16+,21-20-. The highest BCUT2D eigenvalue weighted by Gasteiger charge is 2.36. The van der Waals surface area contributed by atoms with Crippen molar-refractivity contribution < 1.29 is 18.4 Å². The van der Waals surface area contributed by atoms with Crippen LogP contribution in [0, 0.1) is 0 Å². The third-order valence-corrected chi connectivity index (χ3v) is 11.0. The lowest BCUT2D eigenvalue weighted by molar-refractivity contribution is -0.112. The third-order valence-electron chi connectivity index (χ3n) is 5.41. The fourth-order valence-corrected chi connectivity index (χ4v) is 4.10. The minimum Gasteiger partial charge on any atom is -0.498 e. The monoisotopic (exact) mass is 442 g/mol. The van der Waals surface area contributed by atoms with Crippen molar-refractivity contribution >= 4 is 22.4 Å². The summed E-state index contributed by atoms with van der Waals surface area (Å²) in [5.41, 5.74) is 1.43. The van der Waals surface area contributed by atoms with E-state index in [4.69, 9.17) is 13.6 Å². The number of carbonyl (C=O) groups excluding carboxylic acids is 1. The SMILES string of the molecule is CCO/C(CCCCO[Si](C)(C)C)=C(/C)C(=O)/C(C)=C/CO[Si](C)(C)C(C)(C)C. The molecule has 0 radical (unpaired) electrons. The van der Waals surface area contributed by atoms with E-state index in [0.717, 1.165) is 37.2 Å². The lowest BCUT2D eigenvalue weighted by Gasteiger charge is -2.35. The van der Waals surface area contributed by atoms with Gasteiger partial charge in [-0.15, -0.1) is 0 Å². The highest BCUT2D eigenvalue weighted by atomic mass is 28.4. The molecule has 0 aromatic heterocycles. The van der Waals surface area contributed by atoms with Gasteiger partial charge in [-0.2, -0.15) is 0 Å². The molecule has 0 aliphatic rings. The Morgan fingerprint density at radius 2 is 1.55 bits per heavy atom. The zero-order valence-corrected chi connectivity index (χ0v) is 23.0. The Hall–Kier alpha value is -0.696. The predicted molar refractivity (Wildman–Crippen MR) is 129 cm³/mol. The molecule has 0 aromatic carbocycles.